The van der Waals surface area contributed by atoms with Crippen molar-refractivity contribution >= 4 is 17.7 Å². The molecule has 0 saturated carbocycles. The summed E-state index contributed by atoms with van der Waals surface area (Å²) in [5.74, 6) is -8.30. The van der Waals surface area contributed by atoms with Gasteiger partial charge in [-0.15, -0.1) is 6.58 Å². The zero-order chi connectivity index (χ0) is 40.9. The molecule has 2 saturated heterocycles. The molecule has 0 aromatic heterocycles. The predicted octanol–water partition coefficient (Wildman–Crippen LogP) is 4.39. The number of methoxy groups -OCH3 is 1. The third-order valence-electron chi connectivity index (χ3n) is 11.7. The first-order valence-corrected chi connectivity index (χ1v) is 19.1. The molecule has 1 aromatic carbocycles. The summed E-state index contributed by atoms with van der Waals surface area (Å²) in [6, 6.07) is 5.37. The number of benzene rings is 1. The van der Waals surface area contributed by atoms with Gasteiger partial charge in [-0.2, -0.15) is 0 Å². The first-order chi connectivity index (χ1) is 25.1. The Morgan fingerprint density at radius 1 is 1.07 bits per heavy atom. The molecule has 12 nitrogen and oxygen atoms in total. The van der Waals surface area contributed by atoms with Crippen LogP contribution >= 0.6 is 0 Å². The maximum atomic E-state index is 14.7. The smallest absolute Gasteiger partial charge is 0.312 e. The molecule has 0 aliphatic carbocycles. The standard InChI is InChI=1S/C41H64FNO11/c1-13-19-43(11)30-20-24(4)53-41(10,36(30)47)54-37-26(6)34(52-32(44)21-28-17-15-16-18-29(28)42)27(7)38(48)51-31(14-2)40(9,49)35(46)25(5)33(45)23(3)22-39(37,8)50-12/h13,15-18,23-27,30-31,34-37,46-47,49H,1,14,19-22H2,2-12H3/t23-,24-,25+,26+,27-,30+,31-,34+,35-,36-,37-,39-,40-,41+/m1/s1. The Balaban J connectivity index is 2.24. The van der Waals surface area contributed by atoms with E-state index in [4.69, 9.17) is 23.7 Å². The number of ketones is 1. The van der Waals surface area contributed by atoms with E-state index in [-0.39, 0.29) is 30.3 Å². The Bertz CT molecular complexity index is 1460. The first kappa shape index (κ1) is 45.6. The monoisotopic (exact) mass is 765 g/mol. The van der Waals surface area contributed by atoms with Crippen molar-refractivity contribution in [2.24, 2.45) is 23.7 Å². The van der Waals surface area contributed by atoms with E-state index < -0.39 is 101 Å². The van der Waals surface area contributed by atoms with Gasteiger partial charge in [-0.05, 0) is 72.6 Å². The van der Waals surface area contributed by atoms with Gasteiger partial charge in [0.25, 0.3) is 0 Å². The molecule has 3 N–H and O–H groups in total. The number of ether oxygens (including phenoxy) is 5. The van der Waals surface area contributed by atoms with Gasteiger partial charge in [0, 0.05) is 37.5 Å². The molecule has 0 radical (unpaired) electrons. The molecule has 2 heterocycles. The summed E-state index contributed by atoms with van der Waals surface area (Å²) in [4.78, 5) is 43.7. The van der Waals surface area contributed by atoms with Crippen LogP contribution in [0.4, 0.5) is 4.39 Å². The lowest BCUT2D eigenvalue weighted by atomic mass is 9.73. The van der Waals surface area contributed by atoms with Crippen molar-refractivity contribution < 1.29 is 57.8 Å². The maximum Gasteiger partial charge on any atom is 0.312 e. The van der Waals surface area contributed by atoms with Crippen molar-refractivity contribution in [1.82, 2.24) is 4.90 Å². The largest absolute Gasteiger partial charge is 0.461 e. The number of Topliss-reactive ketones (excluding diaryl/α,β-unsaturated/α-hetero) is 1. The SMILES string of the molecule is C=CCN(C)[C@H]1C[C@@H](C)O[C@@](C)(O[C@@H]2[C@@H](C)[C@H](OC(=O)Cc3ccccc3F)[C@@H](C)C(=O)O[C@H](CC)[C@@](C)(O)[C@H](O)[C@@H](C)C(=O)[C@H](C)C[C@@]2(C)OC)[C@@H]1O. The number of aliphatic hydroxyl groups is 3. The number of halogens is 1. The fourth-order valence-electron chi connectivity index (χ4n) is 8.38. The van der Waals surface area contributed by atoms with Crippen LogP contribution in [-0.4, -0.2) is 118 Å². The molecule has 306 valence electrons. The summed E-state index contributed by atoms with van der Waals surface area (Å²) >= 11 is 0. The molecule has 1 aromatic rings. The topological polar surface area (TPSA) is 161 Å². The first-order valence-electron chi connectivity index (χ1n) is 19.1. The van der Waals surface area contributed by atoms with Crippen molar-refractivity contribution in [1.29, 1.82) is 0 Å². The lowest BCUT2D eigenvalue weighted by molar-refractivity contribution is -0.358. The van der Waals surface area contributed by atoms with E-state index in [0.717, 1.165) is 0 Å². The van der Waals surface area contributed by atoms with Crippen LogP contribution in [0, 0.1) is 29.5 Å². The second kappa shape index (κ2) is 18.4. The van der Waals surface area contributed by atoms with Gasteiger partial charge in [0.15, 0.2) is 5.79 Å². The molecule has 2 aliphatic heterocycles. The number of aliphatic hydroxyl groups excluding tert-OH is 2. The highest BCUT2D eigenvalue weighted by Crippen LogP contribution is 2.43. The molecule has 0 bridgehead atoms. The number of cyclic esters (lactones) is 1. The molecule has 0 spiro atoms. The third-order valence-corrected chi connectivity index (χ3v) is 11.7. The zero-order valence-corrected chi connectivity index (χ0v) is 33.9. The number of nitrogens with zero attached hydrogens (tertiary/aromatic N) is 1. The van der Waals surface area contributed by atoms with E-state index in [9.17, 15) is 34.1 Å². The van der Waals surface area contributed by atoms with Crippen LogP contribution in [0.2, 0.25) is 0 Å². The second-order valence-corrected chi connectivity index (χ2v) is 16.1. The van der Waals surface area contributed by atoms with Gasteiger partial charge in [-0.1, -0.05) is 52.0 Å². The van der Waals surface area contributed by atoms with Gasteiger partial charge in [-0.3, -0.25) is 19.3 Å². The van der Waals surface area contributed by atoms with E-state index in [1.165, 1.54) is 46.1 Å². The van der Waals surface area contributed by atoms with Crippen LogP contribution in [0.3, 0.4) is 0 Å². The van der Waals surface area contributed by atoms with Crippen LogP contribution in [0.1, 0.15) is 87.1 Å². The van der Waals surface area contributed by atoms with E-state index in [1.54, 1.807) is 46.8 Å². The minimum atomic E-state index is -2.03. The minimum Gasteiger partial charge on any atom is -0.461 e. The molecule has 2 aliphatic rings. The number of likely N-dealkylation sites (N-methyl/N-ethyl adjacent to an activating group) is 1. The van der Waals surface area contributed by atoms with Gasteiger partial charge in [0.05, 0.1) is 36.3 Å². The number of hydrogen-bond donors (Lipinski definition) is 3. The van der Waals surface area contributed by atoms with E-state index in [0.29, 0.717) is 13.0 Å². The van der Waals surface area contributed by atoms with Gasteiger partial charge >= 0.3 is 11.9 Å². The van der Waals surface area contributed by atoms with Crippen LogP contribution in [0.5, 0.6) is 0 Å². The number of carbonyl (C=O) groups excluding carboxylic acids is 3. The molecule has 3 rings (SSSR count). The summed E-state index contributed by atoms with van der Waals surface area (Å²) < 4.78 is 46.2. The Morgan fingerprint density at radius 2 is 1.70 bits per heavy atom. The second-order valence-electron chi connectivity index (χ2n) is 16.1. The highest BCUT2D eigenvalue weighted by atomic mass is 19.1. The lowest BCUT2D eigenvalue weighted by Gasteiger charge is -2.52. The normalized spacial score (nSPS) is 40.1. The number of carbonyl (C=O) groups is 3. The summed E-state index contributed by atoms with van der Waals surface area (Å²) in [6.07, 6.45) is -5.00. The molecule has 13 heteroatoms. The molecular formula is C41H64FNO11. The summed E-state index contributed by atoms with van der Waals surface area (Å²) in [5.41, 5.74) is -3.32. The van der Waals surface area contributed by atoms with Gasteiger partial charge in [-0.25, -0.2) is 4.39 Å². The molecular weight excluding hydrogens is 701 g/mol. The van der Waals surface area contributed by atoms with Crippen LogP contribution in [0.15, 0.2) is 36.9 Å². The molecule has 0 unspecified atom stereocenters. The lowest BCUT2D eigenvalue weighted by Crippen LogP contribution is -2.65. The van der Waals surface area contributed by atoms with Crippen molar-refractivity contribution in [2.75, 3.05) is 20.7 Å². The highest BCUT2D eigenvalue weighted by Gasteiger charge is 2.56. The van der Waals surface area contributed by atoms with Crippen molar-refractivity contribution in [3.8, 4) is 0 Å². The maximum absolute atomic E-state index is 14.7. The average Bonchev–Trinajstić information content (AvgIpc) is 3.12. The van der Waals surface area contributed by atoms with E-state index in [1.807, 2.05) is 18.9 Å². The van der Waals surface area contributed by atoms with Gasteiger partial charge < -0.3 is 39.0 Å². The fraction of sp³-hybridized carbons (Fsp3) is 0.732. The Labute approximate surface area is 320 Å². The molecule has 0 amide bonds. The number of rotatable bonds is 10. The van der Waals surface area contributed by atoms with Crippen LogP contribution < -0.4 is 0 Å². The zero-order valence-electron chi connectivity index (χ0n) is 33.9. The predicted molar refractivity (Wildman–Crippen MR) is 200 cm³/mol. The molecule has 54 heavy (non-hydrogen) atoms. The number of hydrogen-bond acceptors (Lipinski definition) is 12. The molecule has 2 fully saturated rings. The number of esters is 2. The van der Waals surface area contributed by atoms with Gasteiger partial charge in [0.2, 0.25) is 0 Å². The summed E-state index contributed by atoms with van der Waals surface area (Å²) in [6.45, 7) is 18.9. The Morgan fingerprint density at radius 3 is 2.28 bits per heavy atom. The summed E-state index contributed by atoms with van der Waals surface area (Å²) in [5, 5.41) is 34.9. The summed E-state index contributed by atoms with van der Waals surface area (Å²) in [7, 11) is 3.30. The Hall–Kier alpha value is -2.78. The third kappa shape index (κ3) is 9.96. The fourth-order valence-corrected chi connectivity index (χ4v) is 8.38. The van der Waals surface area contributed by atoms with Crippen molar-refractivity contribution in [2.45, 2.75) is 148 Å². The minimum absolute atomic E-state index is 0.0179. The quantitative estimate of drug-likeness (QED) is 0.228. The average molecular weight is 766 g/mol. The van der Waals surface area contributed by atoms with Crippen molar-refractivity contribution in [3.05, 3.63) is 48.3 Å². The molecule has 14 atom stereocenters. The Kier molecular flexibility index (Phi) is 15.6. The van der Waals surface area contributed by atoms with Crippen LogP contribution in [-0.2, 0) is 44.5 Å². The van der Waals surface area contributed by atoms with E-state index >= 15 is 0 Å². The van der Waals surface area contributed by atoms with Crippen LogP contribution in [0.25, 0.3) is 0 Å². The van der Waals surface area contributed by atoms with Crippen molar-refractivity contribution in [3.63, 3.8) is 0 Å². The van der Waals surface area contributed by atoms with Gasteiger partial charge in [0.1, 0.15) is 35.5 Å². The van der Waals surface area contributed by atoms with E-state index in [2.05, 4.69) is 6.58 Å². The highest BCUT2D eigenvalue weighted by molar-refractivity contribution is 5.83.